The van der Waals surface area contributed by atoms with Gasteiger partial charge in [0.05, 0.1) is 0 Å². The van der Waals surface area contributed by atoms with Gasteiger partial charge in [0.15, 0.2) is 0 Å². The van der Waals surface area contributed by atoms with E-state index in [2.05, 4.69) is 0 Å². The first-order valence-corrected chi connectivity index (χ1v) is 5.45. The van der Waals surface area contributed by atoms with Crippen LogP contribution in [-0.4, -0.2) is 10.2 Å². The average Bonchev–Trinajstić information content (AvgIpc) is 2.37. The maximum absolute atomic E-state index is 13.0. The molecule has 94 valence electrons. The average molecular weight is 250 g/mol. The molecule has 0 aliphatic carbocycles. The summed E-state index contributed by atoms with van der Waals surface area (Å²) in [5.74, 6) is -1.00. The highest BCUT2D eigenvalue weighted by Crippen LogP contribution is 2.29. The zero-order chi connectivity index (χ0) is 13.1. The number of rotatable bonds is 3. The molecule has 0 amide bonds. The van der Waals surface area contributed by atoms with Crippen molar-refractivity contribution in [1.29, 1.82) is 0 Å². The van der Waals surface area contributed by atoms with E-state index in [0.717, 1.165) is 12.1 Å². The first-order valence-electron chi connectivity index (χ1n) is 5.45. The Morgan fingerprint density at radius 1 is 0.722 bits per heavy atom. The molecular weight excluding hydrogens is 238 g/mol. The van der Waals surface area contributed by atoms with Crippen LogP contribution in [0.3, 0.4) is 0 Å². The Bertz CT molecular complexity index is 493. The van der Waals surface area contributed by atoms with Crippen molar-refractivity contribution in [2.45, 2.75) is 12.2 Å². The number of hydrogen-bond acceptors (Lipinski definition) is 2. The molecule has 4 heteroatoms. The van der Waals surface area contributed by atoms with Gasteiger partial charge in [-0.05, 0) is 35.4 Å². The maximum atomic E-state index is 13.0. The Hall–Kier alpha value is -1.78. The highest BCUT2D eigenvalue weighted by molar-refractivity contribution is 5.25. The minimum atomic E-state index is -1.30. The van der Waals surface area contributed by atoms with E-state index in [1.165, 1.54) is 36.4 Å². The van der Waals surface area contributed by atoms with Crippen molar-refractivity contribution in [1.82, 2.24) is 0 Å². The first-order chi connectivity index (χ1) is 8.58. The molecule has 0 heterocycles. The van der Waals surface area contributed by atoms with Crippen LogP contribution < -0.4 is 0 Å². The van der Waals surface area contributed by atoms with Gasteiger partial charge in [-0.3, -0.25) is 0 Å². The number of aliphatic hydroxyl groups excluding tert-OH is 2. The maximum Gasteiger partial charge on any atom is 0.123 e. The van der Waals surface area contributed by atoms with Gasteiger partial charge in [0, 0.05) is 0 Å². The van der Waals surface area contributed by atoms with E-state index in [9.17, 15) is 19.0 Å². The van der Waals surface area contributed by atoms with E-state index in [1.54, 1.807) is 0 Å². The first kappa shape index (κ1) is 12.7. The highest BCUT2D eigenvalue weighted by Gasteiger charge is 2.20. The van der Waals surface area contributed by atoms with Crippen molar-refractivity contribution in [2.75, 3.05) is 0 Å². The lowest BCUT2D eigenvalue weighted by molar-refractivity contribution is 0.0169. The summed E-state index contributed by atoms with van der Waals surface area (Å²) in [6.45, 7) is 0. The Morgan fingerprint density at radius 2 is 1.11 bits per heavy atom. The van der Waals surface area contributed by atoms with Crippen molar-refractivity contribution < 1.29 is 19.0 Å². The molecule has 2 aromatic carbocycles. The molecule has 2 nitrogen and oxygen atoms in total. The lowest BCUT2D eigenvalue weighted by Crippen LogP contribution is -2.10. The Morgan fingerprint density at radius 3 is 1.44 bits per heavy atom. The van der Waals surface area contributed by atoms with Crippen LogP contribution in [0.2, 0.25) is 0 Å². The molecule has 0 bridgehead atoms. The van der Waals surface area contributed by atoms with Crippen molar-refractivity contribution in [3.8, 4) is 0 Å². The van der Waals surface area contributed by atoms with Crippen LogP contribution in [-0.2, 0) is 0 Å². The van der Waals surface area contributed by atoms with Crippen LogP contribution in [0.1, 0.15) is 23.3 Å². The second-order valence-corrected chi connectivity index (χ2v) is 4.00. The van der Waals surface area contributed by atoms with Crippen LogP contribution in [0.5, 0.6) is 0 Å². The van der Waals surface area contributed by atoms with Crippen LogP contribution in [0.25, 0.3) is 0 Å². The van der Waals surface area contributed by atoms with Crippen molar-refractivity contribution >= 4 is 0 Å². The largest absolute Gasteiger partial charge is 0.385 e. The van der Waals surface area contributed by atoms with Gasteiger partial charge in [-0.15, -0.1) is 0 Å². The number of halogens is 2. The van der Waals surface area contributed by atoms with E-state index >= 15 is 0 Å². The molecule has 0 aliphatic rings. The molecule has 2 unspecified atom stereocenters. The molecule has 2 rings (SSSR count). The number of hydrogen-bond donors (Lipinski definition) is 2. The third-order valence-electron chi connectivity index (χ3n) is 2.68. The predicted octanol–water partition coefficient (Wildman–Crippen LogP) is 2.73. The molecule has 0 spiro atoms. The second kappa shape index (κ2) is 5.25. The summed E-state index contributed by atoms with van der Waals surface area (Å²) in [5, 5.41) is 19.8. The molecular formula is C14H12F2O2. The van der Waals surface area contributed by atoms with Gasteiger partial charge >= 0.3 is 0 Å². The van der Waals surface area contributed by atoms with Crippen LogP contribution in [0.4, 0.5) is 8.78 Å². The van der Waals surface area contributed by atoms with Gasteiger partial charge in [-0.1, -0.05) is 24.3 Å². The molecule has 2 atom stereocenters. The normalized spacial score (nSPS) is 14.2. The summed E-state index contributed by atoms with van der Waals surface area (Å²) in [5.41, 5.74) is 0.485. The minimum Gasteiger partial charge on any atom is -0.385 e. The van der Waals surface area contributed by atoms with Gasteiger partial charge in [0.1, 0.15) is 23.8 Å². The number of aliphatic hydroxyl groups is 2. The zero-order valence-corrected chi connectivity index (χ0v) is 9.42. The lowest BCUT2D eigenvalue weighted by atomic mass is 9.98. The third-order valence-corrected chi connectivity index (χ3v) is 2.68. The summed E-state index contributed by atoms with van der Waals surface area (Å²) in [6, 6.07) is 10.6. The Balaban J connectivity index is 2.26. The van der Waals surface area contributed by atoms with E-state index in [0.29, 0.717) is 0 Å². The minimum absolute atomic E-state index is 0.242. The molecule has 0 saturated carbocycles. The van der Waals surface area contributed by atoms with Crippen molar-refractivity contribution in [3.05, 3.63) is 71.3 Å². The van der Waals surface area contributed by atoms with E-state index in [-0.39, 0.29) is 11.1 Å². The summed E-state index contributed by atoms with van der Waals surface area (Å²) in [6.07, 6.45) is -2.61. The fraction of sp³-hybridized carbons (Fsp3) is 0.143. The Labute approximate surface area is 103 Å². The molecule has 2 N–H and O–H groups in total. The topological polar surface area (TPSA) is 40.5 Å². The van der Waals surface area contributed by atoms with E-state index in [4.69, 9.17) is 0 Å². The van der Waals surface area contributed by atoms with Crippen LogP contribution in [0, 0.1) is 11.6 Å². The fourth-order valence-electron chi connectivity index (χ4n) is 1.75. The smallest absolute Gasteiger partial charge is 0.123 e. The lowest BCUT2D eigenvalue weighted by Gasteiger charge is -2.18. The second-order valence-electron chi connectivity index (χ2n) is 4.00. The van der Waals surface area contributed by atoms with Crippen molar-refractivity contribution in [3.63, 3.8) is 0 Å². The summed E-state index contributed by atoms with van der Waals surface area (Å²) in [4.78, 5) is 0. The summed E-state index contributed by atoms with van der Waals surface area (Å²) < 4.78 is 26.0. The van der Waals surface area contributed by atoms with E-state index in [1.807, 2.05) is 0 Å². The predicted molar refractivity (Wildman–Crippen MR) is 62.7 cm³/mol. The van der Waals surface area contributed by atoms with Gasteiger partial charge in [0.25, 0.3) is 0 Å². The summed E-state index contributed by atoms with van der Waals surface area (Å²) in [7, 11) is 0. The SMILES string of the molecule is OC(c1cccc(F)c1)C(O)c1cccc(F)c1. The quantitative estimate of drug-likeness (QED) is 0.879. The van der Waals surface area contributed by atoms with Crippen LogP contribution >= 0.6 is 0 Å². The molecule has 0 aliphatic heterocycles. The molecule has 0 aromatic heterocycles. The molecule has 0 fully saturated rings. The molecule has 2 aromatic rings. The van der Waals surface area contributed by atoms with Gasteiger partial charge < -0.3 is 10.2 Å². The van der Waals surface area contributed by atoms with Gasteiger partial charge in [-0.2, -0.15) is 0 Å². The number of benzene rings is 2. The highest BCUT2D eigenvalue weighted by atomic mass is 19.1. The van der Waals surface area contributed by atoms with Gasteiger partial charge in [0.2, 0.25) is 0 Å². The molecule has 0 saturated heterocycles. The third kappa shape index (κ3) is 2.72. The standard InChI is InChI=1S/C14H12F2O2/c15-11-5-1-3-9(7-11)13(17)14(18)10-4-2-6-12(16)8-10/h1-8,13-14,17-18H. The molecule has 0 radical (unpaired) electrons. The van der Waals surface area contributed by atoms with Crippen molar-refractivity contribution in [2.24, 2.45) is 0 Å². The summed E-state index contributed by atoms with van der Waals surface area (Å²) >= 11 is 0. The zero-order valence-electron chi connectivity index (χ0n) is 9.42. The Kier molecular flexibility index (Phi) is 3.69. The van der Waals surface area contributed by atoms with Gasteiger partial charge in [-0.25, -0.2) is 8.78 Å². The fourth-order valence-corrected chi connectivity index (χ4v) is 1.75. The molecule has 18 heavy (non-hydrogen) atoms. The van der Waals surface area contributed by atoms with E-state index < -0.39 is 23.8 Å². The van der Waals surface area contributed by atoms with Crippen LogP contribution in [0.15, 0.2) is 48.5 Å². The monoisotopic (exact) mass is 250 g/mol.